The number of aldehydes is 1. The van der Waals surface area contributed by atoms with Crippen molar-refractivity contribution < 1.29 is 38.2 Å². The van der Waals surface area contributed by atoms with Crippen LogP contribution in [0.5, 0.6) is 0 Å². The first kappa shape index (κ1) is 40.8. The lowest BCUT2D eigenvalue weighted by Crippen LogP contribution is -2.56. The molecule has 1 heterocycles. The standard InChI is InChI=1S/C40H55N5O8/c1-38(2,3)52-36(50)43-32(23-28-15-11-8-12-16-28)35(49)42-31(22-27-13-9-7-10-14-27)30(21-29-17-18-29)34(48)41-24-33(47)45-20-19-40(25-45,26-46)44-37(51)53-39(4,5)6/h7-16,26,29-32H,17-25H2,1-6H3,(H,41,48)(H,42,49)(H,43,50)(H,44,51)/t30?,31-,32?,40?/m1/s1. The SMILES string of the molecule is CC(C)(C)OC(=O)NC(Cc1ccccc1)C(=O)N[C@H](Cc1ccccc1)C(CC1CC1)C(=O)NCC(=O)N1CCC(C=O)(NC(=O)OC(C)(C)C)C1. The fourth-order valence-corrected chi connectivity index (χ4v) is 6.31. The Kier molecular flexibility index (Phi) is 13.7. The lowest BCUT2D eigenvalue weighted by Gasteiger charge is -2.30. The zero-order chi connectivity index (χ0) is 38.8. The number of nitrogens with one attached hydrogen (secondary N) is 4. The van der Waals surface area contributed by atoms with Crippen molar-refractivity contribution in [2.24, 2.45) is 11.8 Å². The van der Waals surface area contributed by atoms with Gasteiger partial charge in [-0.3, -0.25) is 14.4 Å². The van der Waals surface area contributed by atoms with Gasteiger partial charge in [0.25, 0.3) is 0 Å². The summed E-state index contributed by atoms with van der Waals surface area (Å²) in [7, 11) is 0. The van der Waals surface area contributed by atoms with Gasteiger partial charge in [0, 0.05) is 19.0 Å². The van der Waals surface area contributed by atoms with E-state index in [1.54, 1.807) is 41.5 Å². The molecule has 4 atom stereocenters. The molecule has 2 aromatic carbocycles. The second-order valence-corrected chi connectivity index (χ2v) is 16.2. The van der Waals surface area contributed by atoms with Crippen molar-refractivity contribution in [2.45, 2.75) is 109 Å². The fraction of sp³-hybridized carbons (Fsp3) is 0.550. The second-order valence-electron chi connectivity index (χ2n) is 16.2. The molecule has 2 aliphatic rings. The first-order chi connectivity index (χ1) is 24.9. The molecule has 53 heavy (non-hydrogen) atoms. The van der Waals surface area contributed by atoms with E-state index in [9.17, 15) is 28.8 Å². The summed E-state index contributed by atoms with van der Waals surface area (Å²) in [4.78, 5) is 80.4. The summed E-state index contributed by atoms with van der Waals surface area (Å²) in [6.07, 6.45) is 2.27. The molecule has 1 saturated heterocycles. The number of likely N-dealkylation sites (tertiary alicyclic amines) is 1. The molecule has 13 nitrogen and oxygen atoms in total. The third kappa shape index (κ3) is 13.5. The maximum atomic E-state index is 14.1. The first-order valence-corrected chi connectivity index (χ1v) is 18.3. The Morgan fingerprint density at radius 3 is 1.92 bits per heavy atom. The lowest BCUT2D eigenvalue weighted by atomic mass is 9.87. The van der Waals surface area contributed by atoms with Gasteiger partial charge in [0.15, 0.2) is 0 Å². The molecule has 1 aliphatic heterocycles. The number of rotatable bonds is 15. The van der Waals surface area contributed by atoms with Crippen LogP contribution in [0.2, 0.25) is 0 Å². The van der Waals surface area contributed by atoms with Crippen LogP contribution in [0.1, 0.15) is 78.4 Å². The number of benzene rings is 2. The van der Waals surface area contributed by atoms with Crippen molar-refractivity contribution in [3.05, 3.63) is 71.8 Å². The Bertz CT molecular complexity index is 1590. The van der Waals surface area contributed by atoms with E-state index in [4.69, 9.17) is 9.47 Å². The number of carbonyl (C=O) groups excluding carboxylic acids is 6. The minimum absolute atomic E-state index is 0.0594. The van der Waals surface area contributed by atoms with Crippen molar-refractivity contribution in [1.29, 1.82) is 0 Å². The molecular formula is C40H55N5O8. The van der Waals surface area contributed by atoms with Gasteiger partial charge in [-0.15, -0.1) is 0 Å². The van der Waals surface area contributed by atoms with Crippen molar-refractivity contribution in [3.63, 3.8) is 0 Å². The zero-order valence-corrected chi connectivity index (χ0v) is 31.7. The Labute approximate surface area is 312 Å². The Hall–Kier alpha value is -4.94. The maximum absolute atomic E-state index is 14.1. The van der Waals surface area contributed by atoms with Gasteiger partial charge in [-0.1, -0.05) is 73.5 Å². The summed E-state index contributed by atoms with van der Waals surface area (Å²) in [5, 5.41) is 11.3. The third-order valence-electron chi connectivity index (χ3n) is 9.07. The quantitative estimate of drug-likeness (QED) is 0.198. The van der Waals surface area contributed by atoms with E-state index in [1.807, 2.05) is 60.7 Å². The van der Waals surface area contributed by atoms with Crippen LogP contribution in [0, 0.1) is 11.8 Å². The molecule has 0 aromatic heterocycles. The fourth-order valence-electron chi connectivity index (χ4n) is 6.31. The highest BCUT2D eigenvalue weighted by molar-refractivity contribution is 5.89. The molecular weight excluding hydrogens is 678 g/mol. The van der Waals surface area contributed by atoms with Crippen LogP contribution in [-0.2, 0) is 41.5 Å². The van der Waals surface area contributed by atoms with Gasteiger partial charge in [0.2, 0.25) is 17.7 Å². The number of amides is 5. The minimum Gasteiger partial charge on any atom is -0.444 e. The molecule has 0 spiro atoms. The molecule has 1 saturated carbocycles. The predicted molar refractivity (Wildman–Crippen MR) is 199 cm³/mol. The summed E-state index contributed by atoms with van der Waals surface area (Å²) in [5.41, 5.74) is -1.11. The van der Waals surface area contributed by atoms with Gasteiger partial charge in [0.1, 0.15) is 29.1 Å². The van der Waals surface area contributed by atoms with E-state index in [1.165, 1.54) is 4.90 Å². The van der Waals surface area contributed by atoms with Gasteiger partial charge in [-0.25, -0.2) is 9.59 Å². The van der Waals surface area contributed by atoms with E-state index < -0.39 is 58.7 Å². The van der Waals surface area contributed by atoms with E-state index in [-0.39, 0.29) is 38.4 Å². The summed E-state index contributed by atoms with van der Waals surface area (Å²) < 4.78 is 10.8. The molecule has 2 aromatic rings. The molecule has 1 aliphatic carbocycles. The van der Waals surface area contributed by atoms with E-state index in [0.717, 1.165) is 24.0 Å². The number of hydrogen-bond acceptors (Lipinski definition) is 8. The summed E-state index contributed by atoms with van der Waals surface area (Å²) in [6, 6.07) is 17.1. The average Bonchev–Trinajstić information content (AvgIpc) is 3.81. The summed E-state index contributed by atoms with van der Waals surface area (Å²) >= 11 is 0. The predicted octanol–water partition coefficient (Wildman–Crippen LogP) is 4.08. The number of nitrogens with zero attached hydrogens (tertiary/aromatic N) is 1. The van der Waals surface area contributed by atoms with Crippen LogP contribution in [-0.4, -0.2) is 89.6 Å². The van der Waals surface area contributed by atoms with Gasteiger partial charge in [0.05, 0.1) is 19.0 Å². The van der Waals surface area contributed by atoms with Crippen LogP contribution in [0.3, 0.4) is 0 Å². The van der Waals surface area contributed by atoms with E-state index in [0.29, 0.717) is 25.0 Å². The number of ether oxygens (including phenoxy) is 2. The number of hydrogen-bond donors (Lipinski definition) is 4. The number of carbonyl (C=O) groups is 6. The highest BCUT2D eigenvalue weighted by atomic mass is 16.6. The zero-order valence-electron chi connectivity index (χ0n) is 31.7. The van der Waals surface area contributed by atoms with E-state index in [2.05, 4.69) is 21.3 Å². The highest BCUT2D eigenvalue weighted by Crippen LogP contribution is 2.37. The summed E-state index contributed by atoms with van der Waals surface area (Å²) in [6.45, 7) is 10.2. The highest BCUT2D eigenvalue weighted by Gasteiger charge is 2.43. The molecule has 4 N–H and O–H groups in total. The molecule has 0 bridgehead atoms. The molecule has 5 amide bonds. The van der Waals surface area contributed by atoms with Gasteiger partial charge >= 0.3 is 12.2 Å². The van der Waals surface area contributed by atoms with Crippen molar-refractivity contribution in [2.75, 3.05) is 19.6 Å². The van der Waals surface area contributed by atoms with Gasteiger partial charge in [-0.05, 0) is 77.8 Å². The molecule has 13 heteroatoms. The average molecular weight is 734 g/mol. The van der Waals surface area contributed by atoms with Gasteiger partial charge in [-0.2, -0.15) is 0 Å². The van der Waals surface area contributed by atoms with Crippen molar-refractivity contribution >= 4 is 36.2 Å². The molecule has 288 valence electrons. The molecule has 0 radical (unpaired) electrons. The maximum Gasteiger partial charge on any atom is 0.408 e. The van der Waals surface area contributed by atoms with Crippen LogP contribution in [0.4, 0.5) is 9.59 Å². The summed E-state index contributed by atoms with van der Waals surface area (Å²) in [5.74, 6) is -1.67. The monoisotopic (exact) mass is 733 g/mol. The normalized spacial score (nSPS) is 18.9. The van der Waals surface area contributed by atoms with Crippen LogP contribution in [0.25, 0.3) is 0 Å². The van der Waals surface area contributed by atoms with Gasteiger partial charge < -0.3 is 40.4 Å². The van der Waals surface area contributed by atoms with Crippen molar-refractivity contribution in [3.8, 4) is 0 Å². The molecule has 2 fully saturated rings. The van der Waals surface area contributed by atoms with E-state index >= 15 is 0 Å². The van der Waals surface area contributed by atoms with Crippen LogP contribution in [0.15, 0.2) is 60.7 Å². The Morgan fingerprint density at radius 2 is 1.38 bits per heavy atom. The van der Waals surface area contributed by atoms with Crippen molar-refractivity contribution in [1.82, 2.24) is 26.2 Å². The van der Waals surface area contributed by atoms with Crippen LogP contribution >= 0.6 is 0 Å². The lowest BCUT2D eigenvalue weighted by molar-refractivity contribution is -0.134. The second kappa shape index (κ2) is 17.7. The third-order valence-corrected chi connectivity index (χ3v) is 9.07. The molecule has 4 rings (SSSR count). The number of alkyl carbamates (subject to hydrolysis) is 2. The largest absolute Gasteiger partial charge is 0.444 e. The molecule has 3 unspecified atom stereocenters. The van der Waals surface area contributed by atoms with Crippen LogP contribution < -0.4 is 21.3 Å². The Balaban J connectivity index is 1.50. The smallest absolute Gasteiger partial charge is 0.408 e. The first-order valence-electron chi connectivity index (χ1n) is 18.3. The topological polar surface area (TPSA) is 172 Å². The Morgan fingerprint density at radius 1 is 0.811 bits per heavy atom. The minimum atomic E-state index is -1.30.